The molecule has 0 saturated heterocycles. The molecule has 0 spiro atoms. The number of benzene rings is 3. The Labute approximate surface area is 144 Å². The molecule has 0 fully saturated rings. The van der Waals surface area contributed by atoms with Gasteiger partial charge in [0.2, 0.25) is 0 Å². The van der Waals surface area contributed by atoms with Gasteiger partial charge in [-0.25, -0.2) is 8.42 Å². The number of hydrogen-bond donors (Lipinski definition) is 1. The van der Waals surface area contributed by atoms with Crippen LogP contribution in [-0.2, 0) is 10.0 Å². The number of hydrogen-bond acceptors (Lipinski definition) is 5. The molecule has 6 nitrogen and oxygen atoms in total. The summed E-state index contributed by atoms with van der Waals surface area (Å²) in [6, 6.07) is 17.7. The van der Waals surface area contributed by atoms with E-state index in [0.717, 1.165) is 10.8 Å². The van der Waals surface area contributed by atoms with Crippen LogP contribution < -0.4 is 9.46 Å². The first-order chi connectivity index (χ1) is 12.1. The summed E-state index contributed by atoms with van der Waals surface area (Å²) in [5.41, 5.74) is 0.440. The normalized spacial score (nSPS) is 11.7. The summed E-state index contributed by atoms with van der Waals surface area (Å²) >= 11 is 0. The van der Waals surface area contributed by atoms with Crippen LogP contribution in [-0.4, -0.2) is 20.7 Å². The molecule has 0 aliphatic carbocycles. The van der Waals surface area contributed by atoms with Crippen LogP contribution in [0.15, 0.2) is 70.1 Å². The van der Waals surface area contributed by atoms with Gasteiger partial charge in [0, 0.05) is 0 Å². The van der Waals surface area contributed by atoms with Gasteiger partial charge in [0.05, 0.1) is 12.0 Å². The molecule has 0 aliphatic rings. The minimum absolute atomic E-state index is 0.0978. The summed E-state index contributed by atoms with van der Waals surface area (Å²) in [5.74, 6) is 0.579. The number of methoxy groups -OCH3 is 1. The van der Waals surface area contributed by atoms with Crippen LogP contribution in [0.2, 0.25) is 0 Å². The third-order valence-corrected chi connectivity index (χ3v) is 5.28. The van der Waals surface area contributed by atoms with Crippen molar-refractivity contribution < 1.29 is 17.7 Å². The predicted octanol–water partition coefficient (Wildman–Crippen LogP) is 3.79. The minimum Gasteiger partial charge on any atom is -0.496 e. The van der Waals surface area contributed by atoms with E-state index >= 15 is 0 Å². The second kappa shape index (κ2) is 5.78. The molecular weight excluding hydrogens is 340 g/mol. The van der Waals surface area contributed by atoms with Gasteiger partial charge in [-0.15, -0.1) is 0 Å². The molecule has 25 heavy (non-hydrogen) atoms. The fraction of sp³-hybridized carbons (Fsp3) is 0.0556. The van der Waals surface area contributed by atoms with E-state index in [4.69, 9.17) is 9.26 Å². The third kappa shape index (κ3) is 2.68. The van der Waals surface area contributed by atoms with Crippen molar-refractivity contribution >= 4 is 37.6 Å². The Morgan fingerprint density at radius 2 is 1.80 bits per heavy atom. The van der Waals surface area contributed by atoms with Gasteiger partial charge in [0.15, 0.2) is 11.4 Å². The molecule has 0 unspecified atom stereocenters. The average molecular weight is 354 g/mol. The van der Waals surface area contributed by atoms with E-state index in [0.29, 0.717) is 16.7 Å². The van der Waals surface area contributed by atoms with Gasteiger partial charge in [0.25, 0.3) is 10.0 Å². The van der Waals surface area contributed by atoms with Crippen LogP contribution in [0.3, 0.4) is 0 Å². The highest BCUT2D eigenvalue weighted by atomic mass is 32.2. The van der Waals surface area contributed by atoms with Gasteiger partial charge in [0.1, 0.15) is 11.1 Å². The van der Waals surface area contributed by atoms with Gasteiger partial charge >= 0.3 is 0 Å². The Morgan fingerprint density at radius 3 is 2.60 bits per heavy atom. The summed E-state index contributed by atoms with van der Waals surface area (Å²) in [5, 5.41) is 6.12. The van der Waals surface area contributed by atoms with Crippen molar-refractivity contribution in [2.45, 2.75) is 4.90 Å². The summed E-state index contributed by atoms with van der Waals surface area (Å²) in [6.45, 7) is 0. The molecule has 0 aliphatic heterocycles. The summed E-state index contributed by atoms with van der Waals surface area (Å²) in [6.07, 6.45) is 0. The smallest absolute Gasteiger partial charge is 0.263 e. The molecule has 1 heterocycles. The zero-order valence-corrected chi connectivity index (χ0v) is 14.1. The molecule has 0 atom stereocenters. The van der Waals surface area contributed by atoms with Crippen molar-refractivity contribution in [3.8, 4) is 5.75 Å². The highest BCUT2D eigenvalue weighted by Gasteiger charge is 2.21. The highest BCUT2D eigenvalue weighted by Crippen LogP contribution is 2.33. The first-order valence-electron chi connectivity index (χ1n) is 7.52. The van der Waals surface area contributed by atoms with E-state index < -0.39 is 10.0 Å². The van der Waals surface area contributed by atoms with Crippen LogP contribution in [0.5, 0.6) is 5.75 Å². The molecule has 1 aromatic heterocycles. The average Bonchev–Trinajstić information content (AvgIpc) is 3.03. The van der Waals surface area contributed by atoms with Gasteiger partial charge in [-0.2, -0.15) is 0 Å². The lowest BCUT2D eigenvalue weighted by molar-refractivity contribution is 0.419. The zero-order valence-electron chi connectivity index (χ0n) is 13.3. The number of aromatic nitrogens is 1. The maximum Gasteiger partial charge on any atom is 0.263 e. The Hall–Kier alpha value is -3.06. The van der Waals surface area contributed by atoms with Crippen molar-refractivity contribution in [1.29, 1.82) is 0 Å². The predicted molar refractivity (Wildman–Crippen MR) is 95.3 cm³/mol. The van der Waals surface area contributed by atoms with E-state index in [1.54, 1.807) is 36.4 Å². The Balaban J connectivity index is 1.78. The van der Waals surface area contributed by atoms with Crippen molar-refractivity contribution in [3.05, 3.63) is 60.7 Å². The molecular formula is C18H14N2O4S. The second-order valence-electron chi connectivity index (χ2n) is 5.48. The van der Waals surface area contributed by atoms with E-state index in [-0.39, 0.29) is 10.7 Å². The van der Waals surface area contributed by atoms with E-state index in [9.17, 15) is 8.42 Å². The lowest BCUT2D eigenvalue weighted by atomic mass is 10.1. The van der Waals surface area contributed by atoms with Crippen molar-refractivity contribution in [3.63, 3.8) is 0 Å². The van der Waals surface area contributed by atoms with Crippen LogP contribution in [0.25, 0.3) is 21.7 Å². The molecule has 0 bridgehead atoms. The van der Waals surface area contributed by atoms with Gasteiger partial charge in [-0.05, 0) is 35.0 Å². The van der Waals surface area contributed by atoms with Crippen molar-refractivity contribution in [1.82, 2.24) is 5.16 Å². The quantitative estimate of drug-likeness (QED) is 0.603. The lowest BCUT2D eigenvalue weighted by Gasteiger charge is -2.08. The number of ether oxygens (including phenoxy) is 1. The number of anilines is 1. The molecule has 126 valence electrons. The maximum absolute atomic E-state index is 12.8. The van der Waals surface area contributed by atoms with E-state index in [2.05, 4.69) is 9.88 Å². The molecule has 4 rings (SSSR count). The van der Waals surface area contributed by atoms with Crippen LogP contribution in [0.4, 0.5) is 5.82 Å². The number of rotatable bonds is 4. The topological polar surface area (TPSA) is 81.4 Å². The van der Waals surface area contributed by atoms with Gasteiger partial charge in [-0.1, -0.05) is 41.6 Å². The first kappa shape index (κ1) is 15.5. The monoisotopic (exact) mass is 354 g/mol. The molecule has 0 radical (unpaired) electrons. The summed E-state index contributed by atoms with van der Waals surface area (Å²) < 4.78 is 38.4. The van der Waals surface area contributed by atoms with E-state index in [1.807, 2.05) is 24.3 Å². The van der Waals surface area contributed by atoms with Crippen molar-refractivity contribution in [2.75, 3.05) is 11.8 Å². The fourth-order valence-electron chi connectivity index (χ4n) is 2.72. The van der Waals surface area contributed by atoms with Gasteiger partial charge < -0.3 is 9.26 Å². The third-order valence-electron chi connectivity index (χ3n) is 3.94. The molecule has 7 heteroatoms. The number of sulfonamides is 1. The summed E-state index contributed by atoms with van der Waals surface area (Å²) in [7, 11) is -2.32. The highest BCUT2D eigenvalue weighted by molar-refractivity contribution is 7.92. The lowest BCUT2D eigenvalue weighted by Crippen LogP contribution is -2.13. The Bertz CT molecular complexity index is 1180. The molecule has 0 saturated carbocycles. The number of nitrogens with zero attached hydrogens (tertiary/aromatic N) is 1. The van der Waals surface area contributed by atoms with Crippen LogP contribution in [0, 0.1) is 0 Å². The molecule has 1 N–H and O–H groups in total. The van der Waals surface area contributed by atoms with Crippen molar-refractivity contribution in [2.24, 2.45) is 0 Å². The van der Waals surface area contributed by atoms with Crippen LogP contribution >= 0.6 is 0 Å². The second-order valence-corrected chi connectivity index (χ2v) is 7.16. The Morgan fingerprint density at radius 1 is 1.00 bits per heavy atom. The zero-order chi connectivity index (χ0) is 17.4. The SMILES string of the molecule is COc1cccc2onc(NS(=O)(=O)c3ccc4ccccc4c3)c12. The first-order valence-corrected chi connectivity index (χ1v) is 9.01. The number of nitrogens with one attached hydrogen (secondary N) is 1. The molecule has 3 aromatic carbocycles. The molecule has 4 aromatic rings. The minimum atomic E-state index is -3.82. The summed E-state index contributed by atoms with van der Waals surface area (Å²) in [4.78, 5) is 0.150. The van der Waals surface area contributed by atoms with E-state index in [1.165, 1.54) is 7.11 Å². The maximum atomic E-state index is 12.8. The Kier molecular flexibility index (Phi) is 3.58. The van der Waals surface area contributed by atoms with Gasteiger partial charge in [-0.3, -0.25) is 4.72 Å². The largest absolute Gasteiger partial charge is 0.496 e. The fourth-order valence-corrected chi connectivity index (χ4v) is 3.76. The number of fused-ring (bicyclic) bond motifs is 2. The van der Waals surface area contributed by atoms with Crippen LogP contribution in [0.1, 0.15) is 0 Å². The standard InChI is InChI=1S/C18H14N2O4S/c1-23-15-7-4-8-16-17(15)18(19-24-16)20-25(21,22)14-10-9-12-5-2-3-6-13(12)11-14/h2-11H,1H3,(H,19,20). The molecule has 0 amide bonds.